The van der Waals surface area contributed by atoms with Crippen LogP contribution in [-0.4, -0.2) is 23.7 Å². The molecule has 0 spiro atoms. The van der Waals surface area contributed by atoms with Gasteiger partial charge in [-0.15, -0.1) is 0 Å². The number of fused-ring (bicyclic) bond motifs is 1. The molecule has 1 aliphatic heterocycles. The van der Waals surface area contributed by atoms with E-state index in [1.807, 2.05) is 0 Å². The fraction of sp³-hybridized carbons (Fsp3) is 0.958. The zero-order valence-corrected chi connectivity index (χ0v) is 18.5. The molecule has 1 heterocycles. The average Bonchev–Trinajstić information content (AvgIpc) is 2.75. The number of unbranched alkanes of at least 4 members (excludes halogenated alkanes) is 3. The molecule has 0 aromatic heterocycles. The molecule has 2 fully saturated rings. The molecular weight excluding hydrogens is 334 g/mol. The first-order chi connectivity index (χ1) is 12.9. The van der Waals surface area contributed by atoms with Gasteiger partial charge < -0.3 is 10.4 Å². The lowest BCUT2D eigenvalue weighted by molar-refractivity contribution is -0.129. The Hall–Kier alpha value is -0.570. The zero-order valence-electron chi connectivity index (χ0n) is 18.5. The minimum atomic E-state index is -0.0650. The lowest BCUT2D eigenvalue weighted by Gasteiger charge is -2.53. The summed E-state index contributed by atoms with van der Waals surface area (Å²) in [5.74, 6) is 0.838. The van der Waals surface area contributed by atoms with Gasteiger partial charge in [0, 0.05) is 5.92 Å². The van der Waals surface area contributed by atoms with E-state index in [0.717, 1.165) is 25.7 Å². The van der Waals surface area contributed by atoms with Crippen LogP contribution < -0.4 is 5.32 Å². The number of hydrogen-bond donors (Lipinski definition) is 2. The third-order valence-corrected chi connectivity index (χ3v) is 7.75. The summed E-state index contributed by atoms with van der Waals surface area (Å²) in [5, 5.41) is 13.1. The molecule has 0 radical (unpaired) electrons. The Kier molecular flexibility index (Phi) is 8.65. The molecule has 2 aliphatic rings. The van der Waals surface area contributed by atoms with Gasteiger partial charge in [-0.05, 0) is 61.7 Å². The SMILES string of the molecule is CCCC[C@@H]1C(=O)N[C@H](CO)C[C@]2(C)CC(CCCC)(CCCC)CC[C@@H]12. The first-order valence-electron chi connectivity index (χ1n) is 11.8. The summed E-state index contributed by atoms with van der Waals surface area (Å²) in [6.45, 7) is 9.35. The number of amides is 1. The fourth-order valence-corrected chi connectivity index (χ4v) is 6.42. The summed E-state index contributed by atoms with van der Waals surface area (Å²) in [5.41, 5.74) is 0.630. The topological polar surface area (TPSA) is 49.3 Å². The number of nitrogens with one attached hydrogen (secondary N) is 1. The maximum atomic E-state index is 13.0. The first kappa shape index (κ1) is 22.7. The smallest absolute Gasteiger partial charge is 0.223 e. The van der Waals surface area contributed by atoms with Gasteiger partial charge >= 0.3 is 0 Å². The number of rotatable bonds is 10. The highest BCUT2D eigenvalue weighted by molar-refractivity contribution is 5.79. The van der Waals surface area contributed by atoms with Crippen molar-refractivity contribution in [1.29, 1.82) is 0 Å². The van der Waals surface area contributed by atoms with Crippen LogP contribution in [0, 0.1) is 22.7 Å². The van der Waals surface area contributed by atoms with Gasteiger partial charge in [0.1, 0.15) is 0 Å². The van der Waals surface area contributed by atoms with Crippen LogP contribution in [0.4, 0.5) is 0 Å². The van der Waals surface area contributed by atoms with Gasteiger partial charge in [-0.25, -0.2) is 0 Å². The van der Waals surface area contributed by atoms with Crippen molar-refractivity contribution >= 4 is 5.91 Å². The van der Waals surface area contributed by atoms with Crippen LogP contribution in [0.25, 0.3) is 0 Å². The molecule has 1 saturated carbocycles. The molecule has 0 aromatic rings. The van der Waals surface area contributed by atoms with Gasteiger partial charge in [0.05, 0.1) is 12.6 Å². The second-order valence-corrected chi connectivity index (χ2v) is 10.0. The summed E-state index contributed by atoms with van der Waals surface area (Å²) >= 11 is 0. The number of carbonyl (C=O) groups is 1. The van der Waals surface area contributed by atoms with Crippen LogP contribution in [0.5, 0.6) is 0 Å². The van der Waals surface area contributed by atoms with Crippen molar-refractivity contribution in [3.05, 3.63) is 0 Å². The van der Waals surface area contributed by atoms with Crippen molar-refractivity contribution in [3.8, 4) is 0 Å². The standard InChI is InChI=1S/C24H45NO2/c1-5-8-11-20-21-12-15-24(13-9-6-2,14-10-7-3)18-23(21,4)16-19(17-26)25-22(20)27/h19-21,26H,5-18H2,1-4H3,(H,25,27)/t19-,20-,21-,23+/m0/s1. The van der Waals surface area contributed by atoms with Crippen molar-refractivity contribution in [2.24, 2.45) is 22.7 Å². The van der Waals surface area contributed by atoms with E-state index in [0.29, 0.717) is 11.3 Å². The molecule has 0 bridgehead atoms. The van der Waals surface area contributed by atoms with Crippen LogP contribution in [0.15, 0.2) is 0 Å². The molecule has 3 heteroatoms. The molecular formula is C24H45NO2. The molecule has 2 N–H and O–H groups in total. The molecule has 2 rings (SSSR count). The molecule has 158 valence electrons. The van der Waals surface area contributed by atoms with Crippen LogP contribution in [0.3, 0.4) is 0 Å². The van der Waals surface area contributed by atoms with E-state index in [4.69, 9.17) is 0 Å². The Morgan fingerprint density at radius 2 is 1.70 bits per heavy atom. The van der Waals surface area contributed by atoms with Gasteiger partial charge in [0.25, 0.3) is 0 Å². The van der Waals surface area contributed by atoms with E-state index in [1.54, 1.807) is 0 Å². The molecule has 0 aromatic carbocycles. The summed E-state index contributed by atoms with van der Waals surface area (Å²) in [6, 6.07) is -0.0650. The van der Waals surface area contributed by atoms with Crippen molar-refractivity contribution in [3.63, 3.8) is 0 Å². The van der Waals surface area contributed by atoms with Crippen molar-refractivity contribution in [2.75, 3.05) is 6.61 Å². The Balaban J connectivity index is 2.29. The van der Waals surface area contributed by atoms with Crippen LogP contribution in [0.1, 0.15) is 111 Å². The monoisotopic (exact) mass is 379 g/mol. The highest BCUT2D eigenvalue weighted by atomic mass is 16.3. The molecule has 4 atom stereocenters. The lowest BCUT2D eigenvalue weighted by Crippen LogP contribution is -2.45. The van der Waals surface area contributed by atoms with E-state index >= 15 is 0 Å². The Labute approximate surface area is 168 Å². The minimum absolute atomic E-state index is 0.0650. The number of hydrogen-bond acceptors (Lipinski definition) is 2. The highest BCUT2D eigenvalue weighted by Crippen LogP contribution is 2.59. The van der Waals surface area contributed by atoms with Gasteiger partial charge in [0.15, 0.2) is 0 Å². The average molecular weight is 380 g/mol. The summed E-state index contributed by atoms with van der Waals surface area (Å²) < 4.78 is 0. The van der Waals surface area contributed by atoms with Crippen molar-refractivity contribution in [1.82, 2.24) is 5.32 Å². The summed E-state index contributed by atoms with van der Waals surface area (Å²) in [7, 11) is 0. The second-order valence-electron chi connectivity index (χ2n) is 10.0. The second kappa shape index (κ2) is 10.3. The number of carbonyl (C=O) groups excluding carboxylic acids is 1. The normalized spacial score (nSPS) is 33.2. The Morgan fingerprint density at radius 1 is 1.07 bits per heavy atom. The maximum Gasteiger partial charge on any atom is 0.223 e. The van der Waals surface area contributed by atoms with E-state index < -0.39 is 0 Å². The largest absolute Gasteiger partial charge is 0.394 e. The molecule has 3 nitrogen and oxygen atoms in total. The molecule has 1 saturated heterocycles. The lowest BCUT2D eigenvalue weighted by atomic mass is 9.51. The van der Waals surface area contributed by atoms with E-state index in [2.05, 4.69) is 33.0 Å². The van der Waals surface area contributed by atoms with Gasteiger partial charge in [0.2, 0.25) is 5.91 Å². The fourth-order valence-electron chi connectivity index (χ4n) is 6.42. The minimum Gasteiger partial charge on any atom is -0.394 e. The quantitative estimate of drug-likeness (QED) is 0.500. The van der Waals surface area contributed by atoms with Crippen LogP contribution >= 0.6 is 0 Å². The Bertz CT molecular complexity index is 455. The number of aliphatic hydroxyl groups excluding tert-OH is 1. The summed E-state index contributed by atoms with van der Waals surface area (Å²) in [6.07, 6.45) is 15.9. The molecule has 27 heavy (non-hydrogen) atoms. The zero-order chi connectivity index (χ0) is 19.9. The predicted molar refractivity (Wildman–Crippen MR) is 114 cm³/mol. The van der Waals surface area contributed by atoms with Crippen LogP contribution in [-0.2, 0) is 4.79 Å². The van der Waals surface area contributed by atoms with E-state index in [9.17, 15) is 9.90 Å². The van der Waals surface area contributed by atoms with Gasteiger partial charge in [-0.1, -0.05) is 66.2 Å². The first-order valence-corrected chi connectivity index (χ1v) is 11.8. The Morgan fingerprint density at radius 3 is 2.26 bits per heavy atom. The van der Waals surface area contributed by atoms with Gasteiger partial charge in [-0.3, -0.25) is 4.79 Å². The van der Waals surface area contributed by atoms with Gasteiger partial charge in [-0.2, -0.15) is 0 Å². The van der Waals surface area contributed by atoms with E-state index in [1.165, 1.54) is 57.8 Å². The highest BCUT2D eigenvalue weighted by Gasteiger charge is 2.52. The molecule has 0 unspecified atom stereocenters. The third-order valence-electron chi connectivity index (χ3n) is 7.75. The van der Waals surface area contributed by atoms with Crippen molar-refractivity contribution in [2.45, 2.75) is 117 Å². The van der Waals surface area contributed by atoms with Crippen LogP contribution in [0.2, 0.25) is 0 Å². The predicted octanol–water partition coefficient (Wildman–Crippen LogP) is 5.85. The summed E-state index contributed by atoms with van der Waals surface area (Å²) in [4.78, 5) is 13.0. The molecule has 1 amide bonds. The maximum absolute atomic E-state index is 13.0. The third kappa shape index (κ3) is 5.49. The van der Waals surface area contributed by atoms with E-state index in [-0.39, 0.29) is 29.9 Å². The molecule has 1 aliphatic carbocycles. The number of aliphatic hydroxyl groups is 1. The van der Waals surface area contributed by atoms with Crippen molar-refractivity contribution < 1.29 is 9.90 Å².